The number of aryl methyl sites for hydroxylation is 1. The molecule has 1 N–H and O–H groups in total. The lowest BCUT2D eigenvalue weighted by Gasteiger charge is -2.10. The SMILES string of the molecule is CNc1c(-c2ccc(C)cc2)c(=O)c1=O. The molecule has 0 radical (unpaired) electrons. The maximum Gasteiger partial charge on any atom is 0.250 e. The third-order valence-electron chi connectivity index (χ3n) is 2.50. The first-order valence-electron chi connectivity index (χ1n) is 4.73. The van der Waals surface area contributed by atoms with Crippen LogP contribution >= 0.6 is 0 Å². The second-order valence-electron chi connectivity index (χ2n) is 3.52. The monoisotopic (exact) mass is 201 g/mol. The molecule has 2 aromatic rings. The molecule has 0 amide bonds. The quantitative estimate of drug-likeness (QED) is 0.745. The highest BCUT2D eigenvalue weighted by molar-refractivity contribution is 5.81. The highest BCUT2D eigenvalue weighted by Crippen LogP contribution is 2.23. The van der Waals surface area contributed by atoms with E-state index in [1.165, 1.54) is 0 Å². The number of nitrogens with one attached hydrogen (secondary N) is 1. The number of benzene rings is 1. The molecule has 0 saturated heterocycles. The number of anilines is 1. The topological polar surface area (TPSA) is 46.2 Å². The van der Waals surface area contributed by atoms with Gasteiger partial charge in [0.05, 0.1) is 11.3 Å². The van der Waals surface area contributed by atoms with Gasteiger partial charge in [-0.15, -0.1) is 0 Å². The van der Waals surface area contributed by atoms with Crippen LogP contribution in [0, 0.1) is 6.92 Å². The van der Waals surface area contributed by atoms with Gasteiger partial charge in [-0.05, 0) is 12.5 Å². The van der Waals surface area contributed by atoms with Crippen LogP contribution < -0.4 is 16.2 Å². The third-order valence-corrected chi connectivity index (χ3v) is 2.50. The minimum atomic E-state index is -0.423. The maximum atomic E-state index is 11.4. The van der Waals surface area contributed by atoms with Crippen LogP contribution in [0.4, 0.5) is 5.69 Å². The first kappa shape index (κ1) is 9.65. The fourth-order valence-corrected chi connectivity index (χ4v) is 1.63. The van der Waals surface area contributed by atoms with Gasteiger partial charge in [0.25, 0.3) is 0 Å². The molecule has 76 valence electrons. The zero-order chi connectivity index (χ0) is 11.0. The minimum absolute atomic E-state index is 0.400. The highest BCUT2D eigenvalue weighted by Gasteiger charge is 2.20. The summed E-state index contributed by atoms with van der Waals surface area (Å²) in [6.45, 7) is 1.98. The van der Waals surface area contributed by atoms with Crippen molar-refractivity contribution in [1.82, 2.24) is 0 Å². The Bertz CT molecular complexity index is 560. The second-order valence-corrected chi connectivity index (χ2v) is 3.52. The van der Waals surface area contributed by atoms with Crippen LogP contribution in [0.25, 0.3) is 11.1 Å². The summed E-state index contributed by atoms with van der Waals surface area (Å²) in [6, 6.07) is 7.55. The molecule has 0 aliphatic heterocycles. The lowest BCUT2D eigenvalue weighted by atomic mass is 9.98. The van der Waals surface area contributed by atoms with Crippen molar-refractivity contribution < 1.29 is 0 Å². The lowest BCUT2D eigenvalue weighted by Crippen LogP contribution is -2.35. The van der Waals surface area contributed by atoms with Crippen LogP contribution in [-0.2, 0) is 0 Å². The van der Waals surface area contributed by atoms with Gasteiger partial charge in [0.15, 0.2) is 0 Å². The fourth-order valence-electron chi connectivity index (χ4n) is 1.63. The Hall–Kier alpha value is -1.90. The van der Waals surface area contributed by atoms with Gasteiger partial charge in [-0.3, -0.25) is 9.59 Å². The van der Waals surface area contributed by atoms with Gasteiger partial charge < -0.3 is 5.32 Å². The van der Waals surface area contributed by atoms with Gasteiger partial charge >= 0.3 is 0 Å². The molecule has 0 atom stereocenters. The van der Waals surface area contributed by atoms with Crippen LogP contribution in [0.5, 0.6) is 0 Å². The van der Waals surface area contributed by atoms with Crippen molar-refractivity contribution >= 4 is 5.69 Å². The van der Waals surface area contributed by atoms with E-state index in [4.69, 9.17) is 0 Å². The molecule has 0 aliphatic carbocycles. The molecule has 2 rings (SSSR count). The van der Waals surface area contributed by atoms with Crippen molar-refractivity contribution in [2.75, 3.05) is 12.4 Å². The molecule has 0 bridgehead atoms. The van der Waals surface area contributed by atoms with Crippen LogP contribution in [0.1, 0.15) is 5.56 Å². The molecule has 0 saturated carbocycles. The molecule has 0 aliphatic rings. The van der Waals surface area contributed by atoms with Gasteiger partial charge in [-0.25, -0.2) is 0 Å². The number of rotatable bonds is 2. The standard InChI is InChI=1S/C12H11NO2/c1-7-3-5-8(6-4-7)9-10(13-2)12(15)11(9)14/h3-6,13H,1-2H3. The molecule has 3 nitrogen and oxygen atoms in total. The molecule has 3 heteroatoms. The Morgan fingerprint density at radius 3 is 2.13 bits per heavy atom. The second kappa shape index (κ2) is 3.35. The zero-order valence-corrected chi connectivity index (χ0v) is 8.63. The largest absolute Gasteiger partial charge is 0.384 e. The highest BCUT2D eigenvalue weighted by atomic mass is 16.2. The van der Waals surface area contributed by atoms with Crippen LogP contribution in [0.15, 0.2) is 33.9 Å². The van der Waals surface area contributed by atoms with E-state index in [0.717, 1.165) is 11.1 Å². The van der Waals surface area contributed by atoms with Gasteiger partial charge in [0.2, 0.25) is 10.9 Å². The summed E-state index contributed by atoms with van der Waals surface area (Å²) >= 11 is 0. The van der Waals surface area contributed by atoms with Crippen molar-refractivity contribution in [2.24, 2.45) is 0 Å². The lowest BCUT2D eigenvalue weighted by molar-refractivity contribution is 1.35. The summed E-state index contributed by atoms with van der Waals surface area (Å²) in [6.07, 6.45) is 0. The smallest absolute Gasteiger partial charge is 0.250 e. The summed E-state index contributed by atoms with van der Waals surface area (Å²) in [5.41, 5.74) is 2.03. The van der Waals surface area contributed by atoms with E-state index in [9.17, 15) is 9.59 Å². The van der Waals surface area contributed by atoms with E-state index in [-0.39, 0.29) is 0 Å². The average Bonchev–Trinajstić information content (AvgIpc) is 2.26. The van der Waals surface area contributed by atoms with Crippen LogP contribution in [-0.4, -0.2) is 7.05 Å². The van der Waals surface area contributed by atoms with Gasteiger partial charge in [0.1, 0.15) is 0 Å². The Kier molecular flexibility index (Phi) is 2.15. The normalized spacial score (nSPS) is 10.5. The van der Waals surface area contributed by atoms with Crippen molar-refractivity contribution in [3.63, 3.8) is 0 Å². The summed E-state index contributed by atoms with van der Waals surface area (Å²) in [5.74, 6) is 0. The third kappa shape index (κ3) is 1.36. The van der Waals surface area contributed by atoms with Crippen LogP contribution in [0.2, 0.25) is 0 Å². The number of hydrogen-bond acceptors (Lipinski definition) is 3. The molecular weight excluding hydrogens is 190 g/mol. The first-order chi connectivity index (χ1) is 7.15. The van der Waals surface area contributed by atoms with Gasteiger partial charge in [-0.1, -0.05) is 29.8 Å². The van der Waals surface area contributed by atoms with E-state index in [1.54, 1.807) is 7.05 Å². The van der Waals surface area contributed by atoms with Crippen molar-refractivity contribution in [3.05, 3.63) is 50.3 Å². The van der Waals surface area contributed by atoms with Gasteiger partial charge in [-0.2, -0.15) is 0 Å². The molecule has 0 fully saturated rings. The average molecular weight is 201 g/mol. The molecule has 0 heterocycles. The zero-order valence-electron chi connectivity index (χ0n) is 8.63. The first-order valence-corrected chi connectivity index (χ1v) is 4.73. The van der Waals surface area contributed by atoms with E-state index in [1.807, 2.05) is 31.2 Å². The van der Waals surface area contributed by atoms with Crippen molar-refractivity contribution in [1.29, 1.82) is 0 Å². The molecule has 15 heavy (non-hydrogen) atoms. The summed E-state index contributed by atoms with van der Waals surface area (Å²) in [7, 11) is 1.65. The molecule has 0 unspecified atom stereocenters. The van der Waals surface area contributed by atoms with Gasteiger partial charge in [0, 0.05) is 7.05 Å². The number of hydrogen-bond donors (Lipinski definition) is 1. The van der Waals surface area contributed by atoms with E-state index >= 15 is 0 Å². The minimum Gasteiger partial charge on any atom is -0.384 e. The Morgan fingerprint density at radius 2 is 1.60 bits per heavy atom. The fraction of sp³-hybridized carbons (Fsp3) is 0.167. The summed E-state index contributed by atoms with van der Waals surface area (Å²) < 4.78 is 0. The Balaban J connectivity index is 2.56. The molecule has 0 spiro atoms. The van der Waals surface area contributed by atoms with Crippen LogP contribution in [0.3, 0.4) is 0 Å². The molecule has 0 aromatic heterocycles. The summed E-state index contributed by atoms with van der Waals surface area (Å²) in [4.78, 5) is 22.5. The predicted molar refractivity (Wildman–Crippen MR) is 61.1 cm³/mol. The predicted octanol–water partition coefficient (Wildman–Crippen LogP) is 1.30. The van der Waals surface area contributed by atoms with E-state index < -0.39 is 10.9 Å². The van der Waals surface area contributed by atoms with Crippen molar-refractivity contribution in [3.8, 4) is 11.1 Å². The molecular formula is C12H11NO2. The Morgan fingerprint density at radius 1 is 1.00 bits per heavy atom. The maximum absolute atomic E-state index is 11.4. The van der Waals surface area contributed by atoms with E-state index in [0.29, 0.717) is 11.3 Å². The molecule has 2 aromatic carbocycles. The van der Waals surface area contributed by atoms with Crippen molar-refractivity contribution in [2.45, 2.75) is 6.92 Å². The summed E-state index contributed by atoms with van der Waals surface area (Å²) in [5, 5.41) is 2.75. The van der Waals surface area contributed by atoms with E-state index in [2.05, 4.69) is 5.32 Å². The Labute approximate surface area is 87.1 Å².